The van der Waals surface area contributed by atoms with Crippen molar-refractivity contribution in [2.75, 3.05) is 6.54 Å². The van der Waals surface area contributed by atoms with E-state index in [4.69, 9.17) is 11.6 Å². The van der Waals surface area contributed by atoms with Crippen molar-refractivity contribution in [2.24, 2.45) is 0 Å². The molecule has 130 valence electrons. The third-order valence-electron chi connectivity index (χ3n) is 4.88. The fourth-order valence-corrected chi connectivity index (χ4v) is 3.76. The minimum atomic E-state index is -0.128. The van der Waals surface area contributed by atoms with Crippen molar-refractivity contribution >= 4 is 17.5 Å². The molecule has 1 aliphatic rings. The van der Waals surface area contributed by atoms with E-state index in [1.807, 2.05) is 23.2 Å². The van der Waals surface area contributed by atoms with E-state index in [1.54, 1.807) is 30.5 Å². The molecule has 0 aliphatic carbocycles. The molecule has 0 bridgehead atoms. The zero-order chi connectivity index (χ0) is 18.1. The molecule has 4 heteroatoms. The van der Waals surface area contributed by atoms with Gasteiger partial charge in [0, 0.05) is 29.5 Å². The van der Waals surface area contributed by atoms with Gasteiger partial charge in [-0.25, -0.2) is 0 Å². The van der Waals surface area contributed by atoms with Crippen LogP contribution in [0.4, 0.5) is 0 Å². The molecule has 1 atom stereocenters. The Morgan fingerprint density at radius 2 is 1.96 bits per heavy atom. The Hall–Kier alpha value is -2.65. The molecule has 1 aromatic heterocycles. The van der Waals surface area contributed by atoms with E-state index in [1.165, 1.54) is 16.7 Å². The third-order valence-corrected chi connectivity index (χ3v) is 5.13. The van der Waals surface area contributed by atoms with Gasteiger partial charge in [-0.1, -0.05) is 41.4 Å². The summed E-state index contributed by atoms with van der Waals surface area (Å²) in [5.41, 5.74) is 5.40. The SMILES string of the molecule is Cc1ccc2c(c1)CCN(C(=O)c1ccc(Cl)cc1)C2c1cccnc1. The van der Waals surface area contributed by atoms with Crippen molar-refractivity contribution in [1.82, 2.24) is 9.88 Å². The monoisotopic (exact) mass is 362 g/mol. The number of fused-ring (bicyclic) bond motifs is 1. The van der Waals surface area contributed by atoms with Crippen LogP contribution < -0.4 is 0 Å². The molecule has 0 saturated heterocycles. The predicted molar refractivity (Wildman–Crippen MR) is 103 cm³/mol. The standard InChI is InChI=1S/C22H19ClN2O/c1-15-4-9-20-17(13-15)10-12-25(21(20)18-3-2-11-24-14-18)22(26)16-5-7-19(23)8-6-16/h2-9,11,13-14,21H,10,12H2,1H3. The van der Waals surface area contributed by atoms with Gasteiger partial charge in [0.1, 0.15) is 0 Å². The topological polar surface area (TPSA) is 33.2 Å². The second-order valence-corrected chi connectivity index (χ2v) is 7.08. The average molecular weight is 363 g/mol. The lowest BCUT2D eigenvalue weighted by Gasteiger charge is -2.38. The Morgan fingerprint density at radius 3 is 2.69 bits per heavy atom. The zero-order valence-corrected chi connectivity index (χ0v) is 15.3. The number of pyridine rings is 1. The van der Waals surface area contributed by atoms with Gasteiger partial charge < -0.3 is 4.90 Å². The van der Waals surface area contributed by atoms with E-state index in [-0.39, 0.29) is 11.9 Å². The lowest BCUT2D eigenvalue weighted by atomic mass is 9.87. The van der Waals surface area contributed by atoms with Crippen LogP contribution in [0.15, 0.2) is 67.0 Å². The lowest BCUT2D eigenvalue weighted by Crippen LogP contribution is -2.40. The highest BCUT2D eigenvalue weighted by molar-refractivity contribution is 6.30. The molecule has 1 aliphatic heterocycles. The fourth-order valence-electron chi connectivity index (χ4n) is 3.63. The summed E-state index contributed by atoms with van der Waals surface area (Å²) in [6.45, 7) is 2.78. The van der Waals surface area contributed by atoms with Gasteiger partial charge in [-0.05, 0) is 60.4 Å². The molecule has 26 heavy (non-hydrogen) atoms. The number of aryl methyl sites for hydroxylation is 1. The second kappa shape index (κ2) is 6.93. The fraction of sp³-hybridized carbons (Fsp3) is 0.182. The van der Waals surface area contributed by atoms with Gasteiger partial charge in [-0.2, -0.15) is 0 Å². The maximum atomic E-state index is 13.2. The first-order chi connectivity index (χ1) is 12.6. The first-order valence-corrected chi connectivity index (χ1v) is 9.07. The first kappa shape index (κ1) is 16.8. The number of hydrogen-bond acceptors (Lipinski definition) is 2. The van der Waals surface area contributed by atoms with Crippen LogP contribution in [-0.2, 0) is 6.42 Å². The summed E-state index contributed by atoms with van der Waals surface area (Å²) in [7, 11) is 0. The Morgan fingerprint density at radius 1 is 1.15 bits per heavy atom. The normalized spacial score (nSPS) is 16.2. The number of halogens is 1. The molecule has 2 heterocycles. The van der Waals surface area contributed by atoms with Crippen LogP contribution in [0, 0.1) is 6.92 Å². The molecular weight excluding hydrogens is 344 g/mol. The zero-order valence-electron chi connectivity index (χ0n) is 14.5. The van der Waals surface area contributed by atoms with E-state index in [2.05, 4.69) is 30.1 Å². The van der Waals surface area contributed by atoms with Gasteiger partial charge in [-0.3, -0.25) is 9.78 Å². The van der Waals surface area contributed by atoms with Crippen molar-refractivity contribution in [2.45, 2.75) is 19.4 Å². The molecular formula is C22H19ClN2O. The van der Waals surface area contributed by atoms with Gasteiger partial charge in [-0.15, -0.1) is 0 Å². The first-order valence-electron chi connectivity index (χ1n) is 8.69. The number of amides is 1. The summed E-state index contributed by atoms with van der Waals surface area (Å²) in [6.07, 6.45) is 4.46. The van der Waals surface area contributed by atoms with E-state index >= 15 is 0 Å². The van der Waals surface area contributed by atoms with Crippen molar-refractivity contribution < 1.29 is 4.79 Å². The number of carbonyl (C=O) groups is 1. The highest BCUT2D eigenvalue weighted by Gasteiger charge is 2.32. The van der Waals surface area contributed by atoms with E-state index in [0.717, 1.165) is 12.0 Å². The van der Waals surface area contributed by atoms with Crippen LogP contribution in [0.3, 0.4) is 0 Å². The van der Waals surface area contributed by atoms with Gasteiger partial charge in [0.2, 0.25) is 0 Å². The average Bonchev–Trinajstić information content (AvgIpc) is 2.67. The van der Waals surface area contributed by atoms with E-state index < -0.39 is 0 Å². The molecule has 0 saturated carbocycles. The Balaban J connectivity index is 1.79. The maximum absolute atomic E-state index is 13.2. The van der Waals surface area contributed by atoms with Gasteiger partial charge in [0.15, 0.2) is 0 Å². The van der Waals surface area contributed by atoms with Crippen molar-refractivity contribution in [3.8, 4) is 0 Å². The number of aromatic nitrogens is 1. The minimum absolute atomic E-state index is 0.0155. The van der Waals surface area contributed by atoms with Gasteiger partial charge in [0.25, 0.3) is 5.91 Å². The smallest absolute Gasteiger partial charge is 0.254 e. The second-order valence-electron chi connectivity index (χ2n) is 6.65. The highest BCUT2D eigenvalue weighted by atomic mass is 35.5. The number of nitrogens with zero attached hydrogens (tertiary/aromatic N) is 2. The summed E-state index contributed by atoms with van der Waals surface area (Å²) >= 11 is 5.98. The number of hydrogen-bond donors (Lipinski definition) is 0. The van der Waals surface area contributed by atoms with Gasteiger partial charge >= 0.3 is 0 Å². The van der Waals surface area contributed by atoms with Gasteiger partial charge in [0.05, 0.1) is 6.04 Å². The Kier molecular flexibility index (Phi) is 4.48. The molecule has 1 amide bonds. The Bertz CT molecular complexity index is 938. The predicted octanol–water partition coefficient (Wildman–Crippen LogP) is 4.83. The molecule has 3 aromatic rings. The van der Waals surface area contributed by atoms with Crippen LogP contribution in [0.2, 0.25) is 5.02 Å². The largest absolute Gasteiger partial charge is 0.327 e. The third kappa shape index (κ3) is 3.11. The summed E-state index contributed by atoms with van der Waals surface area (Å²) in [5.74, 6) is 0.0155. The van der Waals surface area contributed by atoms with Crippen molar-refractivity contribution in [3.05, 3.63) is 99.8 Å². The highest BCUT2D eigenvalue weighted by Crippen LogP contribution is 2.36. The number of rotatable bonds is 2. The summed E-state index contributed by atoms with van der Waals surface area (Å²) in [5, 5.41) is 0.629. The number of benzene rings is 2. The van der Waals surface area contributed by atoms with Crippen LogP contribution in [0.1, 0.15) is 38.7 Å². The maximum Gasteiger partial charge on any atom is 0.254 e. The lowest BCUT2D eigenvalue weighted by molar-refractivity contribution is 0.0694. The van der Waals surface area contributed by atoms with Crippen molar-refractivity contribution in [1.29, 1.82) is 0 Å². The summed E-state index contributed by atoms with van der Waals surface area (Å²) in [4.78, 5) is 19.4. The Labute approximate surface area is 158 Å². The van der Waals surface area contributed by atoms with Crippen LogP contribution >= 0.6 is 11.6 Å². The van der Waals surface area contributed by atoms with Crippen LogP contribution in [-0.4, -0.2) is 22.3 Å². The molecule has 0 N–H and O–H groups in total. The molecule has 0 radical (unpaired) electrons. The van der Waals surface area contributed by atoms with Crippen molar-refractivity contribution in [3.63, 3.8) is 0 Å². The molecule has 4 rings (SSSR count). The molecule has 3 nitrogen and oxygen atoms in total. The summed E-state index contributed by atoms with van der Waals surface area (Å²) < 4.78 is 0. The summed E-state index contributed by atoms with van der Waals surface area (Å²) in [6, 6.07) is 17.4. The van der Waals surface area contributed by atoms with Crippen LogP contribution in [0.5, 0.6) is 0 Å². The molecule has 0 spiro atoms. The molecule has 2 aromatic carbocycles. The number of carbonyl (C=O) groups excluding carboxylic acids is 1. The molecule has 0 fully saturated rings. The minimum Gasteiger partial charge on any atom is -0.327 e. The quantitative estimate of drug-likeness (QED) is 0.654. The van der Waals surface area contributed by atoms with E-state index in [0.29, 0.717) is 17.1 Å². The van der Waals surface area contributed by atoms with E-state index in [9.17, 15) is 4.79 Å². The molecule has 1 unspecified atom stereocenters. The van der Waals surface area contributed by atoms with Crippen LogP contribution in [0.25, 0.3) is 0 Å².